The lowest BCUT2D eigenvalue weighted by molar-refractivity contribution is 0.204. The van der Waals surface area contributed by atoms with E-state index in [1.54, 1.807) is 18.2 Å². The van der Waals surface area contributed by atoms with Gasteiger partial charge >= 0.3 is 0 Å². The molecular formula is C17H31IN4O3S. The molecule has 9 heteroatoms. The molecule has 0 amide bonds. The summed E-state index contributed by atoms with van der Waals surface area (Å²) in [7, 11) is -2.01. The Labute approximate surface area is 174 Å². The highest BCUT2D eigenvalue weighted by Gasteiger charge is 2.13. The van der Waals surface area contributed by atoms with Gasteiger partial charge < -0.3 is 15.4 Å². The first-order valence-corrected chi connectivity index (χ1v) is 9.97. The fraction of sp³-hybridized carbons (Fsp3) is 0.588. The predicted octanol–water partition coefficient (Wildman–Crippen LogP) is 1.94. The van der Waals surface area contributed by atoms with Crippen molar-refractivity contribution in [1.82, 2.24) is 15.4 Å². The summed E-state index contributed by atoms with van der Waals surface area (Å²) in [5.74, 6) is 1.23. The zero-order chi connectivity index (χ0) is 18.7. The molecule has 0 bridgehead atoms. The normalized spacial score (nSPS) is 12.0. The van der Waals surface area contributed by atoms with Crippen LogP contribution >= 0.6 is 24.0 Å². The third kappa shape index (κ3) is 9.70. The lowest BCUT2D eigenvalue weighted by Gasteiger charge is -2.13. The first-order chi connectivity index (χ1) is 11.9. The molecule has 0 atom stereocenters. The molecule has 1 aromatic rings. The molecule has 0 saturated carbocycles. The van der Waals surface area contributed by atoms with Crippen LogP contribution < -0.4 is 15.4 Å². The number of benzene rings is 1. The molecule has 0 aromatic heterocycles. The van der Waals surface area contributed by atoms with E-state index in [4.69, 9.17) is 4.74 Å². The van der Waals surface area contributed by atoms with Crippen molar-refractivity contribution in [3.8, 4) is 0 Å². The maximum atomic E-state index is 12.3. The third-order valence-electron chi connectivity index (χ3n) is 3.25. The summed E-state index contributed by atoms with van der Waals surface area (Å²) in [5.41, 5.74) is 0.830. The summed E-state index contributed by atoms with van der Waals surface area (Å²) in [6.07, 6.45) is 0. The minimum absolute atomic E-state index is 0. The number of nitrogens with one attached hydrogen (secondary N) is 3. The van der Waals surface area contributed by atoms with Crippen LogP contribution in [0.25, 0.3) is 0 Å². The van der Waals surface area contributed by atoms with Crippen LogP contribution in [-0.2, 0) is 21.3 Å². The number of rotatable bonds is 10. The summed E-state index contributed by atoms with van der Waals surface area (Å²) in [4.78, 5) is 4.75. The summed E-state index contributed by atoms with van der Waals surface area (Å²) in [6, 6.07) is 6.81. The summed E-state index contributed by atoms with van der Waals surface area (Å²) in [5, 5.41) is 6.45. The molecule has 0 fully saturated rings. The van der Waals surface area contributed by atoms with E-state index < -0.39 is 10.0 Å². The van der Waals surface area contributed by atoms with E-state index in [2.05, 4.69) is 34.2 Å². The number of methoxy groups -OCH3 is 1. The molecule has 0 heterocycles. The van der Waals surface area contributed by atoms with Crippen molar-refractivity contribution in [2.24, 2.45) is 10.9 Å². The fourth-order valence-corrected chi connectivity index (χ4v) is 3.07. The van der Waals surface area contributed by atoms with Crippen LogP contribution in [-0.4, -0.2) is 47.7 Å². The quantitative estimate of drug-likeness (QED) is 0.199. The van der Waals surface area contributed by atoms with Crippen LogP contribution in [0.15, 0.2) is 34.2 Å². The number of aliphatic imine (C=N–C) groups is 1. The van der Waals surface area contributed by atoms with Crippen molar-refractivity contribution in [3.63, 3.8) is 0 Å². The van der Waals surface area contributed by atoms with Gasteiger partial charge in [-0.05, 0) is 30.5 Å². The lowest BCUT2D eigenvalue weighted by atomic mass is 10.2. The second-order valence-corrected chi connectivity index (χ2v) is 7.77. The van der Waals surface area contributed by atoms with E-state index in [9.17, 15) is 8.42 Å². The van der Waals surface area contributed by atoms with E-state index in [1.807, 2.05) is 13.0 Å². The van der Waals surface area contributed by atoms with Crippen molar-refractivity contribution in [2.75, 3.05) is 33.4 Å². The number of guanidine groups is 1. The average Bonchev–Trinajstić information content (AvgIpc) is 2.57. The number of hydrogen-bond acceptors (Lipinski definition) is 4. The highest BCUT2D eigenvalue weighted by molar-refractivity contribution is 14.0. The van der Waals surface area contributed by atoms with E-state index in [1.165, 1.54) is 7.11 Å². The number of nitrogens with zero attached hydrogens (tertiary/aromatic N) is 1. The van der Waals surface area contributed by atoms with Gasteiger partial charge in [0.25, 0.3) is 0 Å². The van der Waals surface area contributed by atoms with Crippen molar-refractivity contribution in [2.45, 2.75) is 32.2 Å². The molecule has 0 aliphatic rings. The monoisotopic (exact) mass is 498 g/mol. The Morgan fingerprint density at radius 1 is 1.27 bits per heavy atom. The summed E-state index contributed by atoms with van der Waals surface area (Å²) < 4.78 is 31.9. The first kappa shape index (κ1) is 25.1. The van der Waals surface area contributed by atoms with Crippen molar-refractivity contribution in [1.29, 1.82) is 0 Å². The van der Waals surface area contributed by atoms with E-state index in [0.29, 0.717) is 19.1 Å². The maximum Gasteiger partial charge on any atom is 0.240 e. The van der Waals surface area contributed by atoms with Crippen LogP contribution in [0, 0.1) is 5.92 Å². The third-order valence-corrected chi connectivity index (χ3v) is 4.71. The van der Waals surface area contributed by atoms with Crippen molar-refractivity contribution < 1.29 is 13.2 Å². The lowest BCUT2D eigenvalue weighted by Crippen LogP contribution is -2.39. The molecule has 0 saturated heterocycles. The Morgan fingerprint density at radius 2 is 2.00 bits per heavy atom. The van der Waals surface area contributed by atoms with Gasteiger partial charge in [-0.2, -0.15) is 0 Å². The molecule has 0 aliphatic heterocycles. The number of sulfonamides is 1. The van der Waals surface area contributed by atoms with E-state index >= 15 is 0 Å². The highest BCUT2D eigenvalue weighted by Crippen LogP contribution is 2.12. The summed E-state index contributed by atoms with van der Waals surface area (Å²) >= 11 is 0. The highest BCUT2D eigenvalue weighted by atomic mass is 127. The van der Waals surface area contributed by atoms with Gasteiger partial charge in [0.2, 0.25) is 10.0 Å². The second kappa shape index (κ2) is 13.3. The number of ether oxygens (including phenoxy) is 1. The Morgan fingerprint density at radius 3 is 2.62 bits per heavy atom. The van der Waals surface area contributed by atoms with Crippen LogP contribution in [0.2, 0.25) is 0 Å². The Bertz CT molecular complexity index is 651. The van der Waals surface area contributed by atoms with E-state index in [-0.39, 0.29) is 35.4 Å². The predicted molar refractivity (Wildman–Crippen MR) is 117 cm³/mol. The minimum atomic E-state index is -3.53. The van der Waals surface area contributed by atoms with Gasteiger partial charge in [-0.25, -0.2) is 18.1 Å². The molecular weight excluding hydrogens is 467 g/mol. The largest absolute Gasteiger partial charge is 0.383 e. The second-order valence-electron chi connectivity index (χ2n) is 6.01. The average molecular weight is 498 g/mol. The molecule has 1 rings (SSSR count). The Kier molecular flexibility index (Phi) is 12.8. The van der Waals surface area contributed by atoms with Crippen LogP contribution in [0.4, 0.5) is 0 Å². The smallest absolute Gasteiger partial charge is 0.240 e. The number of halogens is 1. The minimum Gasteiger partial charge on any atom is -0.383 e. The van der Waals surface area contributed by atoms with Gasteiger partial charge in [0.05, 0.1) is 18.0 Å². The van der Waals surface area contributed by atoms with Gasteiger partial charge in [-0.1, -0.05) is 26.0 Å². The first-order valence-electron chi connectivity index (χ1n) is 8.48. The molecule has 0 unspecified atom stereocenters. The molecule has 26 heavy (non-hydrogen) atoms. The molecule has 7 nitrogen and oxygen atoms in total. The van der Waals surface area contributed by atoms with Gasteiger partial charge in [0.15, 0.2) is 5.96 Å². The number of hydrogen-bond donors (Lipinski definition) is 3. The molecule has 0 aliphatic carbocycles. The van der Waals surface area contributed by atoms with Gasteiger partial charge in [-0.15, -0.1) is 24.0 Å². The van der Waals surface area contributed by atoms with Crippen LogP contribution in [0.1, 0.15) is 26.3 Å². The standard InChI is InChI=1S/C17H30N4O3S.HI/c1-5-18-17(19-12-14(2)3)20-13-15-7-6-8-16(11-15)25(22,23)21-9-10-24-4;/h6-8,11,14,21H,5,9-10,12-13H2,1-4H3,(H2,18,19,20);1H. The maximum absolute atomic E-state index is 12.3. The molecule has 0 radical (unpaired) electrons. The SMILES string of the molecule is CCNC(=NCc1cccc(S(=O)(=O)NCCOC)c1)NCC(C)C.I. The zero-order valence-electron chi connectivity index (χ0n) is 15.9. The molecule has 150 valence electrons. The molecule has 3 N–H and O–H groups in total. The Balaban J connectivity index is 0.00000625. The zero-order valence-corrected chi connectivity index (χ0v) is 19.1. The van der Waals surface area contributed by atoms with Gasteiger partial charge in [-0.3, -0.25) is 0 Å². The van der Waals surface area contributed by atoms with Crippen LogP contribution in [0.3, 0.4) is 0 Å². The topological polar surface area (TPSA) is 91.8 Å². The van der Waals surface area contributed by atoms with Crippen molar-refractivity contribution >= 4 is 40.0 Å². The van der Waals surface area contributed by atoms with E-state index in [0.717, 1.165) is 24.6 Å². The summed E-state index contributed by atoms with van der Waals surface area (Å²) in [6.45, 7) is 8.82. The molecule has 0 spiro atoms. The van der Waals surface area contributed by atoms with Crippen molar-refractivity contribution in [3.05, 3.63) is 29.8 Å². The van der Waals surface area contributed by atoms with Gasteiger partial charge in [0.1, 0.15) is 0 Å². The fourth-order valence-electron chi connectivity index (χ4n) is 1.99. The van der Waals surface area contributed by atoms with Crippen LogP contribution in [0.5, 0.6) is 0 Å². The Hall–Kier alpha value is -0.910. The van der Waals surface area contributed by atoms with Gasteiger partial charge in [0, 0.05) is 26.7 Å². The molecule has 1 aromatic carbocycles.